The van der Waals surface area contributed by atoms with Crippen LogP contribution in [0.2, 0.25) is 0 Å². The van der Waals surface area contributed by atoms with Gasteiger partial charge in [0, 0.05) is 28.6 Å². The van der Waals surface area contributed by atoms with E-state index in [1.807, 2.05) is 29.9 Å². The minimum absolute atomic E-state index is 0.205. The molecule has 3 rings (SSSR count). The Morgan fingerprint density at radius 2 is 1.83 bits per heavy atom. The maximum Gasteiger partial charge on any atom is 0.252 e. The minimum Gasteiger partial charge on any atom is -0.338 e. The van der Waals surface area contributed by atoms with Gasteiger partial charge in [-0.3, -0.25) is 4.79 Å². The smallest absolute Gasteiger partial charge is 0.252 e. The van der Waals surface area contributed by atoms with Gasteiger partial charge in [-0.15, -0.1) is 0 Å². The number of nitrogens with zero attached hydrogens (tertiary/aromatic N) is 2. The van der Waals surface area contributed by atoms with Gasteiger partial charge in [0.05, 0.1) is 0 Å². The van der Waals surface area contributed by atoms with Crippen molar-refractivity contribution in [3.8, 4) is 0 Å². The maximum absolute atomic E-state index is 13.2. The number of imidazole rings is 1. The molecule has 1 aromatic heterocycles. The quantitative estimate of drug-likeness (QED) is 0.636. The molecule has 0 aliphatic carbocycles. The number of hydrogen-bond acceptors (Lipinski definition) is 2. The molecule has 0 saturated carbocycles. The van der Waals surface area contributed by atoms with Crippen molar-refractivity contribution in [1.82, 2.24) is 14.9 Å². The second-order valence-electron chi connectivity index (χ2n) is 5.36. The molecule has 0 bridgehead atoms. The number of amides is 1. The van der Waals surface area contributed by atoms with Crippen molar-refractivity contribution in [3.63, 3.8) is 0 Å². The fourth-order valence-corrected chi connectivity index (χ4v) is 2.78. The number of benzene rings is 2. The van der Waals surface area contributed by atoms with Gasteiger partial charge in [0.1, 0.15) is 17.7 Å². The van der Waals surface area contributed by atoms with E-state index >= 15 is 0 Å². The summed E-state index contributed by atoms with van der Waals surface area (Å²) in [7, 11) is 1.86. The predicted octanol–water partition coefficient (Wildman–Crippen LogP) is 3.68. The first kappa shape index (κ1) is 16.6. The Bertz CT molecular complexity index is 843. The average Bonchev–Trinajstić information content (AvgIpc) is 3.00. The van der Waals surface area contributed by atoms with E-state index in [-0.39, 0.29) is 11.7 Å². The number of carbonyl (C=O) groups is 1. The highest BCUT2D eigenvalue weighted by molar-refractivity contribution is 14.1. The molecule has 24 heavy (non-hydrogen) atoms. The Hall–Kier alpha value is -2.22. The number of rotatable bonds is 4. The van der Waals surface area contributed by atoms with Crippen LogP contribution in [0.15, 0.2) is 60.9 Å². The molecule has 0 aliphatic rings. The molecule has 0 saturated heterocycles. The van der Waals surface area contributed by atoms with Crippen LogP contribution in [-0.4, -0.2) is 15.5 Å². The topological polar surface area (TPSA) is 46.9 Å². The molecule has 1 heterocycles. The molecule has 122 valence electrons. The Morgan fingerprint density at radius 3 is 2.42 bits per heavy atom. The lowest BCUT2D eigenvalue weighted by Crippen LogP contribution is -2.31. The zero-order chi connectivity index (χ0) is 17.1. The number of hydrogen-bond donors (Lipinski definition) is 1. The lowest BCUT2D eigenvalue weighted by atomic mass is 10.1. The van der Waals surface area contributed by atoms with Crippen molar-refractivity contribution in [1.29, 1.82) is 0 Å². The number of nitrogens with one attached hydrogen (secondary N) is 1. The third kappa shape index (κ3) is 3.64. The first-order valence-electron chi connectivity index (χ1n) is 7.34. The Kier molecular flexibility index (Phi) is 4.94. The van der Waals surface area contributed by atoms with Crippen LogP contribution < -0.4 is 5.32 Å². The summed E-state index contributed by atoms with van der Waals surface area (Å²) >= 11 is 2.19. The summed E-state index contributed by atoms with van der Waals surface area (Å²) < 4.78 is 16.1. The van der Waals surface area contributed by atoms with Gasteiger partial charge in [-0.25, -0.2) is 9.37 Å². The summed E-state index contributed by atoms with van der Waals surface area (Å²) in [6, 6.07) is 12.9. The summed E-state index contributed by atoms with van der Waals surface area (Å²) in [6.07, 6.45) is 3.48. The zero-order valence-electron chi connectivity index (χ0n) is 12.9. The third-order valence-electron chi connectivity index (χ3n) is 3.70. The average molecular weight is 435 g/mol. The second kappa shape index (κ2) is 7.12. The van der Waals surface area contributed by atoms with E-state index in [2.05, 4.69) is 32.9 Å². The van der Waals surface area contributed by atoms with Crippen LogP contribution in [0, 0.1) is 9.39 Å². The summed E-state index contributed by atoms with van der Waals surface area (Å²) in [5.74, 6) is 0.158. The number of carbonyl (C=O) groups excluding carboxylic acids is 1. The SMILES string of the molecule is Cn1ccnc1C(NC(=O)c1ccc(I)cc1)c1ccc(F)cc1. The molecule has 0 fully saturated rings. The normalized spacial score (nSPS) is 12.0. The largest absolute Gasteiger partial charge is 0.338 e. The monoisotopic (exact) mass is 435 g/mol. The first-order chi connectivity index (χ1) is 11.5. The van der Waals surface area contributed by atoms with Gasteiger partial charge in [-0.1, -0.05) is 12.1 Å². The molecular weight excluding hydrogens is 420 g/mol. The van der Waals surface area contributed by atoms with Gasteiger partial charge >= 0.3 is 0 Å². The second-order valence-corrected chi connectivity index (χ2v) is 6.61. The molecule has 1 unspecified atom stereocenters. The summed E-state index contributed by atoms with van der Waals surface area (Å²) in [5.41, 5.74) is 1.33. The lowest BCUT2D eigenvalue weighted by molar-refractivity contribution is 0.0941. The molecule has 0 spiro atoms. The fourth-order valence-electron chi connectivity index (χ4n) is 2.42. The number of aromatic nitrogens is 2. The lowest BCUT2D eigenvalue weighted by Gasteiger charge is -2.19. The van der Waals surface area contributed by atoms with Crippen LogP contribution in [0.4, 0.5) is 4.39 Å². The minimum atomic E-state index is -0.461. The van der Waals surface area contributed by atoms with Gasteiger partial charge in [0.25, 0.3) is 5.91 Å². The third-order valence-corrected chi connectivity index (χ3v) is 4.42. The molecule has 4 nitrogen and oxygen atoms in total. The Labute approximate surface area is 152 Å². The van der Waals surface area contributed by atoms with Crippen molar-refractivity contribution in [2.45, 2.75) is 6.04 Å². The number of halogens is 2. The van der Waals surface area contributed by atoms with E-state index in [1.165, 1.54) is 12.1 Å². The summed E-state index contributed by atoms with van der Waals surface area (Å²) in [4.78, 5) is 16.9. The van der Waals surface area contributed by atoms with Gasteiger partial charge < -0.3 is 9.88 Å². The predicted molar refractivity (Wildman–Crippen MR) is 98.1 cm³/mol. The molecular formula is C18H15FIN3O. The van der Waals surface area contributed by atoms with Gasteiger partial charge in [0.15, 0.2) is 0 Å². The highest BCUT2D eigenvalue weighted by atomic mass is 127. The molecule has 0 aliphatic heterocycles. The molecule has 1 N–H and O–H groups in total. The van der Waals surface area contributed by atoms with E-state index in [0.717, 1.165) is 9.13 Å². The van der Waals surface area contributed by atoms with Crippen molar-refractivity contribution < 1.29 is 9.18 Å². The van der Waals surface area contributed by atoms with Crippen LogP contribution in [0.1, 0.15) is 27.8 Å². The van der Waals surface area contributed by atoms with Crippen molar-refractivity contribution >= 4 is 28.5 Å². The first-order valence-corrected chi connectivity index (χ1v) is 8.41. The van der Waals surface area contributed by atoms with E-state index in [9.17, 15) is 9.18 Å². The molecule has 0 radical (unpaired) electrons. The van der Waals surface area contributed by atoms with E-state index < -0.39 is 6.04 Å². The summed E-state index contributed by atoms with van der Waals surface area (Å²) in [5, 5.41) is 2.98. The van der Waals surface area contributed by atoms with Crippen molar-refractivity contribution in [2.75, 3.05) is 0 Å². The molecule has 3 aromatic rings. The molecule has 6 heteroatoms. The Balaban J connectivity index is 1.93. The molecule has 1 atom stereocenters. The molecule has 2 aromatic carbocycles. The van der Waals surface area contributed by atoms with Gasteiger partial charge in [0.2, 0.25) is 0 Å². The Morgan fingerprint density at radius 1 is 1.17 bits per heavy atom. The van der Waals surface area contributed by atoms with Crippen molar-refractivity contribution in [2.24, 2.45) is 7.05 Å². The van der Waals surface area contributed by atoms with Crippen LogP contribution in [0.25, 0.3) is 0 Å². The zero-order valence-corrected chi connectivity index (χ0v) is 15.1. The fraction of sp³-hybridized carbons (Fsp3) is 0.111. The standard InChI is InChI=1S/C18H15FIN3O/c1-23-11-10-21-17(23)16(12-2-6-14(19)7-3-12)22-18(24)13-4-8-15(20)9-5-13/h2-11,16H,1H3,(H,22,24). The number of aryl methyl sites for hydroxylation is 1. The highest BCUT2D eigenvalue weighted by Crippen LogP contribution is 2.21. The highest BCUT2D eigenvalue weighted by Gasteiger charge is 2.21. The summed E-state index contributed by atoms with van der Waals surface area (Å²) in [6.45, 7) is 0. The van der Waals surface area contributed by atoms with Crippen LogP contribution in [0.5, 0.6) is 0 Å². The van der Waals surface area contributed by atoms with Crippen LogP contribution in [0.3, 0.4) is 0 Å². The van der Waals surface area contributed by atoms with Gasteiger partial charge in [-0.2, -0.15) is 0 Å². The molecule has 1 amide bonds. The van der Waals surface area contributed by atoms with E-state index in [0.29, 0.717) is 11.4 Å². The van der Waals surface area contributed by atoms with Crippen LogP contribution in [-0.2, 0) is 7.05 Å². The maximum atomic E-state index is 13.2. The van der Waals surface area contributed by atoms with Gasteiger partial charge in [-0.05, 0) is 64.6 Å². The van der Waals surface area contributed by atoms with E-state index in [1.54, 1.807) is 30.5 Å². The van der Waals surface area contributed by atoms with Crippen molar-refractivity contribution in [3.05, 3.63) is 87.3 Å². The van der Waals surface area contributed by atoms with E-state index in [4.69, 9.17) is 0 Å². The van der Waals surface area contributed by atoms with Crippen LogP contribution >= 0.6 is 22.6 Å².